The molecule has 104 valence electrons. The summed E-state index contributed by atoms with van der Waals surface area (Å²) < 4.78 is 37.1. The molecule has 2 N–H and O–H groups in total. The van der Waals surface area contributed by atoms with Crippen LogP contribution in [0.2, 0.25) is 0 Å². The SMILES string of the molecule is O=C(Nc1ccc(C(F)(F)F)cc1)C1CCCNC1. The molecule has 1 heterocycles. The van der Waals surface area contributed by atoms with Crippen LogP contribution < -0.4 is 10.6 Å². The van der Waals surface area contributed by atoms with Crippen LogP contribution in [0, 0.1) is 5.92 Å². The molecule has 19 heavy (non-hydrogen) atoms. The van der Waals surface area contributed by atoms with E-state index in [9.17, 15) is 18.0 Å². The molecule has 1 aliphatic rings. The molecule has 2 rings (SSSR count). The van der Waals surface area contributed by atoms with E-state index in [1.165, 1.54) is 12.1 Å². The highest BCUT2D eigenvalue weighted by Gasteiger charge is 2.30. The Bertz CT molecular complexity index is 436. The van der Waals surface area contributed by atoms with Crippen molar-refractivity contribution in [3.8, 4) is 0 Å². The summed E-state index contributed by atoms with van der Waals surface area (Å²) in [6, 6.07) is 4.48. The molecular weight excluding hydrogens is 257 g/mol. The molecule has 0 radical (unpaired) electrons. The minimum Gasteiger partial charge on any atom is -0.326 e. The van der Waals surface area contributed by atoms with Crippen LogP contribution in [-0.2, 0) is 11.0 Å². The molecule has 1 saturated heterocycles. The van der Waals surface area contributed by atoms with Crippen LogP contribution in [0.1, 0.15) is 18.4 Å². The lowest BCUT2D eigenvalue weighted by Crippen LogP contribution is -2.37. The summed E-state index contributed by atoms with van der Waals surface area (Å²) in [6.07, 6.45) is -2.61. The molecule has 0 aromatic heterocycles. The summed E-state index contributed by atoms with van der Waals surface area (Å²) >= 11 is 0. The van der Waals surface area contributed by atoms with Gasteiger partial charge in [0, 0.05) is 12.2 Å². The maximum atomic E-state index is 12.4. The molecular formula is C13H15F3N2O. The van der Waals surface area contributed by atoms with Gasteiger partial charge in [0.25, 0.3) is 0 Å². The lowest BCUT2D eigenvalue weighted by atomic mass is 9.99. The van der Waals surface area contributed by atoms with Crippen molar-refractivity contribution >= 4 is 11.6 Å². The third kappa shape index (κ3) is 3.70. The number of benzene rings is 1. The Morgan fingerprint density at radius 1 is 1.26 bits per heavy atom. The van der Waals surface area contributed by atoms with Crippen molar-refractivity contribution in [2.75, 3.05) is 18.4 Å². The van der Waals surface area contributed by atoms with Crippen LogP contribution in [0.25, 0.3) is 0 Å². The Hall–Kier alpha value is -1.56. The summed E-state index contributed by atoms with van der Waals surface area (Å²) in [6.45, 7) is 1.52. The van der Waals surface area contributed by atoms with E-state index in [0.717, 1.165) is 31.5 Å². The minimum atomic E-state index is -4.35. The second-order valence-corrected chi connectivity index (χ2v) is 4.61. The maximum Gasteiger partial charge on any atom is 0.416 e. The van der Waals surface area contributed by atoms with Gasteiger partial charge < -0.3 is 10.6 Å². The Morgan fingerprint density at radius 3 is 2.47 bits per heavy atom. The number of carbonyl (C=O) groups is 1. The zero-order valence-corrected chi connectivity index (χ0v) is 10.3. The summed E-state index contributed by atoms with van der Waals surface area (Å²) in [7, 11) is 0. The lowest BCUT2D eigenvalue weighted by molar-refractivity contribution is -0.137. The van der Waals surface area contributed by atoms with E-state index in [2.05, 4.69) is 10.6 Å². The summed E-state index contributed by atoms with van der Waals surface area (Å²) in [4.78, 5) is 11.9. The quantitative estimate of drug-likeness (QED) is 0.869. The lowest BCUT2D eigenvalue weighted by Gasteiger charge is -2.21. The van der Waals surface area contributed by atoms with Crippen LogP contribution in [0.3, 0.4) is 0 Å². The molecule has 1 aromatic rings. The van der Waals surface area contributed by atoms with Crippen LogP contribution in [0.5, 0.6) is 0 Å². The predicted molar refractivity (Wildman–Crippen MR) is 65.7 cm³/mol. The highest BCUT2D eigenvalue weighted by Crippen LogP contribution is 2.29. The number of nitrogens with one attached hydrogen (secondary N) is 2. The third-order valence-corrected chi connectivity index (χ3v) is 3.15. The first kappa shape index (κ1) is 13.9. The van der Waals surface area contributed by atoms with Crippen molar-refractivity contribution in [2.24, 2.45) is 5.92 Å². The van der Waals surface area contributed by atoms with Crippen molar-refractivity contribution in [3.05, 3.63) is 29.8 Å². The maximum absolute atomic E-state index is 12.4. The van der Waals surface area contributed by atoms with Gasteiger partial charge in [-0.15, -0.1) is 0 Å². The monoisotopic (exact) mass is 272 g/mol. The average Bonchev–Trinajstić information content (AvgIpc) is 2.39. The molecule has 1 unspecified atom stereocenters. The fraction of sp³-hybridized carbons (Fsp3) is 0.462. The zero-order chi connectivity index (χ0) is 13.9. The van der Waals surface area contributed by atoms with Crippen LogP contribution in [0.15, 0.2) is 24.3 Å². The molecule has 1 fully saturated rings. The van der Waals surface area contributed by atoms with Gasteiger partial charge in [-0.2, -0.15) is 13.2 Å². The van der Waals surface area contributed by atoms with E-state index in [0.29, 0.717) is 12.2 Å². The van der Waals surface area contributed by atoms with Gasteiger partial charge in [0.1, 0.15) is 0 Å². The molecule has 0 aliphatic carbocycles. The molecule has 0 bridgehead atoms. The smallest absolute Gasteiger partial charge is 0.326 e. The van der Waals surface area contributed by atoms with E-state index in [-0.39, 0.29) is 11.8 Å². The molecule has 3 nitrogen and oxygen atoms in total. The molecule has 6 heteroatoms. The molecule has 1 aliphatic heterocycles. The Kier molecular flexibility index (Phi) is 4.09. The fourth-order valence-corrected chi connectivity index (χ4v) is 2.06. The number of rotatable bonds is 2. The van der Waals surface area contributed by atoms with Gasteiger partial charge in [0.05, 0.1) is 11.5 Å². The Balaban J connectivity index is 1.97. The van der Waals surface area contributed by atoms with Crippen molar-refractivity contribution in [3.63, 3.8) is 0 Å². The number of hydrogen-bond donors (Lipinski definition) is 2. The van der Waals surface area contributed by atoms with Crippen LogP contribution in [0.4, 0.5) is 18.9 Å². The number of alkyl halides is 3. The molecule has 1 amide bonds. The number of anilines is 1. The van der Waals surface area contributed by atoms with Crippen LogP contribution in [-0.4, -0.2) is 19.0 Å². The van der Waals surface area contributed by atoms with Crippen molar-refractivity contribution in [1.29, 1.82) is 0 Å². The first-order chi connectivity index (χ1) is 8.97. The highest BCUT2D eigenvalue weighted by atomic mass is 19.4. The Labute approximate surface area is 109 Å². The van der Waals surface area contributed by atoms with Crippen molar-refractivity contribution < 1.29 is 18.0 Å². The number of hydrogen-bond acceptors (Lipinski definition) is 2. The predicted octanol–water partition coefficient (Wildman–Crippen LogP) is 2.64. The van der Waals surface area contributed by atoms with Gasteiger partial charge in [-0.3, -0.25) is 4.79 Å². The van der Waals surface area contributed by atoms with E-state index < -0.39 is 11.7 Å². The first-order valence-electron chi connectivity index (χ1n) is 6.15. The van der Waals surface area contributed by atoms with Gasteiger partial charge in [0.15, 0.2) is 0 Å². The second-order valence-electron chi connectivity index (χ2n) is 4.61. The van der Waals surface area contributed by atoms with E-state index in [4.69, 9.17) is 0 Å². The van der Waals surface area contributed by atoms with Gasteiger partial charge in [-0.05, 0) is 43.7 Å². The molecule has 0 spiro atoms. The van der Waals surface area contributed by atoms with E-state index in [1.807, 2.05) is 0 Å². The van der Waals surface area contributed by atoms with Gasteiger partial charge in [-0.25, -0.2) is 0 Å². The van der Waals surface area contributed by atoms with E-state index in [1.54, 1.807) is 0 Å². The van der Waals surface area contributed by atoms with Gasteiger partial charge in [-0.1, -0.05) is 0 Å². The molecule has 1 atom stereocenters. The standard InChI is InChI=1S/C13H15F3N2O/c14-13(15,16)10-3-5-11(6-4-10)18-12(19)9-2-1-7-17-8-9/h3-6,9,17H,1-2,7-8H2,(H,18,19). The zero-order valence-electron chi connectivity index (χ0n) is 10.3. The third-order valence-electron chi connectivity index (χ3n) is 3.15. The first-order valence-corrected chi connectivity index (χ1v) is 6.15. The summed E-state index contributed by atoms with van der Waals surface area (Å²) in [5.41, 5.74) is -0.326. The minimum absolute atomic E-state index is 0.115. The van der Waals surface area contributed by atoms with Crippen molar-refractivity contribution in [2.45, 2.75) is 19.0 Å². The fourth-order valence-electron chi connectivity index (χ4n) is 2.06. The highest BCUT2D eigenvalue weighted by molar-refractivity contribution is 5.92. The normalized spacial score (nSPS) is 20.1. The molecule has 1 aromatic carbocycles. The second kappa shape index (κ2) is 5.61. The van der Waals surface area contributed by atoms with Crippen molar-refractivity contribution in [1.82, 2.24) is 5.32 Å². The average molecular weight is 272 g/mol. The topological polar surface area (TPSA) is 41.1 Å². The van der Waals surface area contributed by atoms with Gasteiger partial charge in [0.2, 0.25) is 5.91 Å². The largest absolute Gasteiger partial charge is 0.416 e. The molecule has 0 saturated carbocycles. The van der Waals surface area contributed by atoms with Crippen LogP contribution >= 0.6 is 0 Å². The van der Waals surface area contributed by atoms with Gasteiger partial charge >= 0.3 is 6.18 Å². The number of halogens is 3. The Morgan fingerprint density at radius 2 is 1.95 bits per heavy atom. The van der Waals surface area contributed by atoms with E-state index >= 15 is 0 Å². The number of piperidine rings is 1. The summed E-state index contributed by atoms with van der Waals surface area (Å²) in [5, 5.41) is 5.76. The summed E-state index contributed by atoms with van der Waals surface area (Å²) in [5.74, 6) is -0.261. The number of amides is 1. The number of carbonyl (C=O) groups excluding carboxylic acids is 1.